The first-order valence-electron chi connectivity index (χ1n) is 5.77. The van der Waals surface area contributed by atoms with E-state index in [1.54, 1.807) is 12.0 Å². The number of aryl methyl sites for hydroxylation is 1. The van der Waals surface area contributed by atoms with E-state index in [1.807, 2.05) is 25.1 Å². The van der Waals surface area contributed by atoms with Crippen molar-refractivity contribution in [2.24, 2.45) is 0 Å². The number of carbonyl (C=O) groups excluding carboxylic acids is 2. The Morgan fingerprint density at radius 1 is 1.28 bits per heavy atom. The highest BCUT2D eigenvalue weighted by Crippen LogP contribution is 2.31. The zero-order valence-electron chi connectivity index (χ0n) is 10.8. The van der Waals surface area contributed by atoms with Crippen molar-refractivity contribution in [2.45, 2.75) is 13.3 Å². The topological polar surface area (TPSA) is 49.9 Å². The number of benzene rings is 1. The van der Waals surface area contributed by atoms with Gasteiger partial charge >= 0.3 is 6.03 Å². The van der Waals surface area contributed by atoms with Crippen LogP contribution in [0.2, 0.25) is 0 Å². The number of rotatable bonds is 2. The molecule has 1 aliphatic rings. The lowest BCUT2D eigenvalue weighted by Gasteiger charge is -2.32. The van der Waals surface area contributed by atoms with Crippen molar-refractivity contribution in [3.8, 4) is 5.75 Å². The third kappa shape index (κ3) is 2.03. The molecule has 0 aliphatic carbocycles. The third-order valence-corrected chi connectivity index (χ3v) is 3.07. The summed E-state index contributed by atoms with van der Waals surface area (Å²) in [6.07, 6.45) is 0.333. The third-order valence-electron chi connectivity index (χ3n) is 3.07. The van der Waals surface area contributed by atoms with Crippen LogP contribution in [-0.2, 0) is 4.79 Å². The van der Waals surface area contributed by atoms with Gasteiger partial charge in [0.1, 0.15) is 5.75 Å². The van der Waals surface area contributed by atoms with Crippen LogP contribution in [0.15, 0.2) is 18.2 Å². The van der Waals surface area contributed by atoms with Gasteiger partial charge in [0.25, 0.3) is 0 Å². The normalized spacial score (nSPS) is 16.2. The number of carbonyl (C=O) groups is 2. The largest absolute Gasteiger partial charge is 0.495 e. The van der Waals surface area contributed by atoms with Crippen molar-refractivity contribution in [2.75, 3.05) is 25.6 Å². The van der Waals surface area contributed by atoms with Gasteiger partial charge in [-0.2, -0.15) is 0 Å². The lowest BCUT2D eigenvalue weighted by atomic mass is 10.1. The second-order valence-electron chi connectivity index (χ2n) is 4.31. The summed E-state index contributed by atoms with van der Waals surface area (Å²) in [6.45, 7) is 2.34. The summed E-state index contributed by atoms with van der Waals surface area (Å²) in [6, 6.07) is 5.33. The summed E-state index contributed by atoms with van der Waals surface area (Å²) in [5, 5.41) is 0. The molecule has 96 valence electrons. The molecule has 0 atom stereocenters. The van der Waals surface area contributed by atoms with Gasteiger partial charge in [-0.15, -0.1) is 0 Å². The molecule has 1 saturated heterocycles. The molecule has 3 amide bonds. The molecule has 0 unspecified atom stereocenters. The maximum absolute atomic E-state index is 12.1. The Balaban J connectivity index is 2.39. The lowest BCUT2D eigenvalue weighted by molar-refractivity contribution is -0.127. The molecule has 1 fully saturated rings. The molecule has 18 heavy (non-hydrogen) atoms. The van der Waals surface area contributed by atoms with Crippen molar-refractivity contribution in [1.29, 1.82) is 0 Å². The summed E-state index contributed by atoms with van der Waals surface area (Å²) in [5.41, 5.74) is 1.75. The van der Waals surface area contributed by atoms with E-state index in [-0.39, 0.29) is 11.9 Å². The van der Waals surface area contributed by atoms with Gasteiger partial charge in [-0.1, -0.05) is 6.07 Å². The zero-order chi connectivity index (χ0) is 13.3. The standard InChI is InChI=1S/C13H16N2O3/c1-9-4-5-11(18-3)10(8-9)15-7-6-12(16)14(2)13(15)17/h4-5,8H,6-7H2,1-3H3. The van der Waals surface area contributed by atoms with Gasteiger partial charge in [-0.3, -0.25) is 14.6 Å². The molecule has 5 heteroatoms. The molecule has 0 aromatic heterocycles. The Labute approximate surface area is 106 Å². The van der Waals surface area contributed by atoms with E-state index in [1.165, 1.54) is 7.05 Å². The van der Waals surface area contributed by atoms with Crippen LogP contribution in [0.3, 0.4) is 0 Å². The summed E-state index contributed by atoms with van der Waals surface area (Å²) in [7, 11) is 3.07. The number of amides is 3. The van der Waals surface area contributed by atoms with Gasteiger partial charge in [0.05, 0.1) is 12.8 Å². The fourth-order valence-electron chi connectivity index (χ4n) is 1.99. The van der Waals surface area contributed by atoms with E-state index in [0.717, 1.165) is 10.5 Å². The molecule has 1 aliphatic heterocycles. The summed E-state index contributed by atoms with van der Waals surface area (Å²) < 4.78 is 5.27. The van der Waals surface area contributed by atoms with Crippen molar-refractivity contribution in [3.05, 3.63) is 23.8 Å². The van der Waals surface area contributed by atoms with Crippen molar-refractivity contribution in [1.82, 2.24) is 4.90 Å². The lowest BCUT2D eigenvalue weighted by Crippen LogP contribution is -2.50. The maximum Gasteiger partial charge on any atom is 0.331 e. The Kier molecular flexibility index (Phi) is 3.23. The number of methoxy groups -OCH3 is 1. The van der Waals surface area contributed by atoms with Gasteiger partial charge < -0.3 is 4.74 Å². The van der Waals surface area contributed by atoms with E-state index in [2.05, 4.69) is 0 Å². The van der Waals surface area contributed by atoms with E-state index in [4.69, 9.17) is 4.74 Å². The molecule has 0 spiro atoms. The summed E-state index contributed by atoms with van der Waals surface area (Å²) in [4.78, 5) is 26.3. The molecule has 1 aromatic rings. The van der Waals surface area contributed by atoms with Crippen molar-refractivity contribution < 1.29 is 14.3 Å². The van der Waals surface area contributed by atoms with E-state index in [9.17, 15) is 9.59 Å². The first-order chi connectivity index (χ1) is 8.54. The number of imide groups is 1. The van der Waals surface area contributed by atoms with Gasteiger partial charge in [0.15, 0.2) is 0 Å². The first-order valence-corrected chi connectivity index (χ1v) is 5.77. The van der Waals surface area contributed by atoms with Crippen LogP contribution in [0.5, 0.6) is 5.75 Å². The molecule has 1 heterocycles. The zero-order valence-corrected chi connectivity index (χ0v) is 10.8. The first kappa shape index (κ1) is 12.4. The van der Waals surface area contributed by atoms with E-state index < -0.39 is 0 Å². The number of urea groups is 1. The van der Waals surface area contributed by atoms with Crippen molar-refractivity contribution in [3.63, 3.8) is 0 Å². The van der Waals surface area contributed by atoms with Gasteiger partial charge in [-0.25, -0.2) is 4.79 Å². The van der Waals surface area contributed by atoms with Crippen LogP contribution in [0.25, 0.3) is 0 Å². The summed E-state index contributed by atoms with van der Waals surface area (Å²) in [5.74, 6) is 0.486. The highest BCUT2D eigenvalue weighted by Gasteiger charge is 2.31. The number of hydrogen-bond acceptors (Lipinski definition) is 3. The summed E-state index contributed by atoms with van der Waals surface area (Å²) >= 11 is 0. The molecule has 0 saturated carbocycles. The Morgan fingerprint density at radius 2 is 2.00 bits per heavy atom. The van der Waals surface area contributed by atoms with Gasteiger partial charge in [0, 0.05) is 20.0 Å². The fourth-order valence-corrected chi connectivity index (χ4v) is 1.99. The minimum absolute atomic E-state index is 0.150. The molecule has 5 nitrogen and oxygen atoms in total. The number of hydrogen-bond donors (Lipinski definition) is 0. The molecular formula is C13H16N2O3. The van der Waals surface area contributed by atoms with Gasteiger partial charge in [0.2, 0.25) is 5.91 Å². The maximum atomic E-state index is 12.1. The Morgan fingerprint density at radius 3 is 2.67 bits per heavy atom. The predicted octanol–water partition coefficient (Wildman–Crippen LogP) is 1.79. The number of anilines is 1. The minimum Gasteiger partial charge on any atom is -0.495 e. The number of nitrogens with zero attached hydrogens (tertiary/aromatic N) is 2. The van der Waals surface area contributed by atoms with Crippen LogP contribution in [0.4, 0.5) is 10.5 Å². The highest BCUT2D eigenvalue weighted by atomic mass is 16.5. The molecule has 1 aromatic carbocycles. The van der Waals surface area contributed by atoms with Crippen LogP contribution in [-0.4, -0.2) is 37.5 Å². The van der Waals surface area contributed by atoms with Crippen LogP contribution < -0.4 is 9.64 Å². The molecular weight excluding hydrogens is 232 g/mol. The Hall–Kier alpha value is -2.04. The SMILES string of the molecule is COc1ccc(C)cc1N1CCC(=O)N(C)C1=O. The fraction of sp³-hybridized carbons (Fsp3) is 0.385. The minimum atomic E-state index is -0.310. The van der Waals surface area contributed by atoms with Crippen LogP contribution in [0, 0.1) is 6.92 Å². The average molecular weight is 248 g/mol. The number of ether oxygens (including phenoxy) is 1. The smallest absolute Gasteiger partial charge is 0.331 e. The quantitative estimate of drug-likeness (QED) is 0.801. The van der Waals surface area contributed by atoms with Crippen LogP contribution in [0.1, 0.15) is 12.0 Å². The van der Waals surface area contributed by atoms with Gasteiger partial charge in [-0.05, 0) is 24.6 Å². The predicted molar refractivity (Wildman–Crippen MR) is 67.9 cm³/mol. The van der Waals surface area contributed by atoms with Crippen LogP contribution >= 0.6 is 0 Å². The van der Waals surface area contributed by atoms with E-state index in [0.29, 0.717) is 24.4 Å². The average Bonchev–Trinajstić information content (AvgIpc) is 2.36. The van der Waals surface area contributed by atoms with Crippen molar-refractivity contribution >= 4 is 17.6 Å². The monoisotopic (exact) mass is 248 g/mol. The molecule has 2 rings (SSSR count). The second-order valence-corrected chi connectivity index (χ2v) is 4.31. The highest BCUT2D eigenvalue weighted by molar-refractivity contribution is 6.06. The van der Waals surface area contributed by atoms with E-state index >= 15 is 0 Å². The second kappa shape index (κ2) is 4.68. The molecule has 0 bridgehead atoms. The molecule has 0 radical (unpaired) electrons. The molecule has 0 N–H and O–H groups in total. The Bertz CT molecular complexity index is 499.